The molecule has 0 unspecified atom stereocenters. The van der Waals surface area contributed by atoms with Crippen molar-refractivity contribution >= 4 is 5.91 Å². The highest BCUT2D eigenvalue weighted by atomic mass is 16.1. The summed E-state index contributed by atoms with van der Waals surface area (Å²) in [6.45, 7) is 1.39. The Bertz CT molecular complexity index is 669. The van der Waals surface area contributed by atoms with Gasteiger partial charge in [0.1, 0.15) is 0 Å². The van der Waals surface area contributed by atoms with E-state index in [1.807, 2.05) is 30.3 Å². The fourth-order valence-electron chi connectivity index (χ4n) is 2.88. The topological polar surface area (TPSA) is 46.9 Å². The maximum absolute atomic E-state index is 12.0. The van der Waals surface area contributed by atoms with E-state index in [1.54, 1.807) is 0 Å². The van der Waals surface area contributed by atoms with Gasteiger partial charge in [-0.3, -0.25) is 9.48 Å². The molecule has 4 heteroatoms. The molecule has 2 saturated carbocycles. The minimum Gasteiger partial charge on any atom is -0.350 e. The van der Waals surface area contributed by atoms with Crippen LogP contribution < -0.4 is 5.32 Å². The van der Waals surface area contributed by atoms with Gasteiger partial charge in [0, 0.05) is 29.6 Å². The zero-order valence-corrected chi connectivity index (χ0v) is 12.7. The van der Waals surface area contributed by atoms with Crippen molar-refractivity contribution in [3.8, 4) is 0 Å². The fourth-order valence-corrected chi connectivity index (χ4v) is 2.88. The van der Waals surface area contributed by atoms with E-state index < -0.39 is 0 Å². The molecule has 0 spiro atoms. The molecule has 0 bridgehead atoms. The molecule has 0 saturated heterocycles. The summed E-state index contributed by atoms with van der Waals surface area (Å²) in [5.41, 5.74) is 3.34. The third-order valence-corrected chi connectivity index (χ3v) is 4.47. The van der Waals surface area contributed by atoms with Crippen molar-refractivity contribution in [2.75, 3.05) is 6.54 Å². The van der Waals surface area contributed by atoms with Crippen LogP contribution in [0.3, 0.4) is 0 Å². The van der Waals surface area contributed by atoms with E-state index in [1.165, 1.54) is 37.1 Å². The zero-order chi connectivity index (χ0) is 14.9. The summed E-state index contributed by atoms with van der Waals surface area (Å²) in [6, 6.07) is 11.7. The van der Waals surface area contributed by atoms with E-state index in [2.05, 4.69) is 16.1 Å². The van der Waals surface area contributed by atoms with Gasteiger partial charge >= 0.3 is 0 Å². The molecule has 1 heterocycles. The highest BCUT2D eigenvalue weighted by Gasteiger charge is 2.32. The number of nitrogens with zero attached hydrogens (tertiary/aromatic N) is 2. The van der Waals surface area contributed by atoms with Gasteiger partial charge in [-0.25, -0.2) is 0 Å². The third-order valence-electron chi connectivity index (χ3n) is 4.47. The van der Waals surface area contributed by atoms with Gasteiger partial charge in [0.25, 0.3) is 5.91 Å². The Morgan fingerprint density at radius 2 is 1.86 bits per heavy atom. The molecule has 2 aliphatic carbocycles. The van der Waals surface area contributed by atoms with Gasteiger partial charge < -0.3 is 5.32 Å². The molecule has 4 rings (SSSR count). The van der Waals surface area contributed by atoms with Crippen LogP contribution in [-0.4, -0.2) is 22.2 Å². The van der Waals surface area contributed by atoms with E-state index >= 15 is 0 Å². The lowest BCUT2D eigenvalue weighted by atomic mass is 10.2. The Labute approximate surface area is 130 Å². The lowest BCUT2D eigenvalue weighted by molar-refractivity contribution is 0.0952. The maximum atomic E-state index is 12.0. The molecule has 2 aromatic rings. The largest absolute Gasteiger partial charge is 0.350 e. The van der Waals surface area contributed by atoms with Crippen LogP contribution in [0.15, 0.2) is 36.4 Å². The molecular weight excluding hydrogens is 274 g/mol. The first-order valence-electron chi connectivity index (χ1n) is 8.22. The molecule has 22 heavy (non-hydrogen) atoms. The fraction of sp³-hybridized carbons (Fsp3) is 0.444. The number of amides is 1. The van der Waals surface area contributed by atoms with Crippen LogP contribution in [0.5, 0.6) is 0 Å². The minimum absolute atomic E-state index is 0.0110. The van der Waals surface area contributed by atoms with Crippen molar-refractivity contribution in [3.63, 3.8) is 0 Å². The molecule has 1 amide bonds. The lowest BCUT2D eigenvalue weighted by Gasteiger charge is -2.08. The molecule has 1 aromatic heterocycles. The van der Waals surface area contributed by atoms with E-state index in [0.29, 0.717) is 23.9 Å². The highest BCUT2D eigenvalue weighted by Crippen LogP contribution is 2.44. The lowest BCUT2D eigenvalue weighted by Crippen LogP contribution is -2.27. The van der Waals surface area contributed by atoms with Gasteiger partial charge in [0.2, 0.25) is 0 Å². The summed E-state index contributed by atoms with van der Waals surface area (Å²) in [6.07, 6.45) is 5.13. The number of carbonyl (C=O) groups is 1. The van der Waals surface area contributed by atoms with Crippen LogP contribution >= 0.6 is 0 Å². The van der Waals surface area contributed by atoms with Gasteiger partial charge in [0.15, 0.2) is 0 Å². The molecule has 1 aromatic carbocycles. The molecule has 0 radical (unpaired) electrons. The minimum atomic E-state index is -0.0110. The Morgan fingerprint density at radius 1 is 1.14 bits per heavy atom. The second-order valence-corrected chi connectivity index (χ2v) is 6.39. The zero-order valence-electron chi connectivity index (χ0n) is 12.7. The first-order valence-corrected chi connectivity index (χ1v) is 8.22. The van der Waals surface area contributed by atoms with Gasteiger partial charge in [-0.15, -0.1) is 0 Å². The quantitative estimate of drug-likeness (QED) is 0.890. The number of hydrogen-bond acceptors (Lipinski definition) is 2. The van der Waals surface area contributed by atoms with Gasteiger partial charge in [-0.2, -0.15) is 5.10 Å². The number of carbonyl (C=O) groups excluding carboxylic acids is 1. The number of hydrogen-bond donors (Lipinski definition) is 1. The summed E-state index contributed by atoms with van der Waals surface area (Å²) in [5.74, 6) is 1.38. The van der Waals surface area contributed by atoms with E-state index in [9.17, 15) is 4.79 Å². The molecular formula is C18H21N3O. The normalized spacial score (nSPS) is 17.5. The summed E-state index contributed by atoms with van der Waals surface area (Å²) < 4.78 is 2.12. The Kier molecular flexibility index (Phi) is 3.45. The van der Waals surface area contributed by atoms with Crippen LogP contribution in [0.2, 0.25) is 0 Å². The Balaban J connectivity index is 1.38. The van der Waals surface area contributed by atoms with Crippen LogP contribution in [0.1, 0.15) is 59.3 Å². The van der Waals surface area contributed by atoms with Crippen LogP contribution in [-0.2, 0) is 6.54 Å². The predicted molar refractivity (Wildman–Crippen MR) is 85.0 cm³/mol. The highest BCUT2D eigenvalue weighted by molar-refractivity contribution is 5.94. The van der Waals surface area contributed by atoms with Crippen molar-refractivity contribution in [2.24, 2.45) is 0 Å². The number of aromatic nitrogens is 2. The van der Waals surface area contributed by atoms with Crippen LogP contribution in [0, 0.1) is 0 Å². The van der Waals surface area contributed by atoms with Crippen molar-refractivity contribution in [1.82, 2.24) is 15.1 Å². The molecule has 0 aliphatic heterocycles. The van der Waals surface area contributed by atoms with E-state index in [4.69, 9.17) is 5.10 Å². The molecule has 2 aliphatic rings. The molecule has 0 atom stereocenters. The van der Waals surface area contributed by atoms with E-state index in [0.717, 1.165) is 6.54 Å². The average Bonchev–Trinajstić information content (AvgIpc) is 3.47. The predicted octanol–water partition coefficient (Wildman–Crippen LogP) is 3.07. The number of benzene rings is 1. The van der Waals surface area contributed by atoms with E-state index in [-0.39, 0.29) is 5.91 Å². The molecule has 114 valence electrons. The van der Waals surface area contributed by atoms with Crippen molar-refractivity contribution < 1.29 is 4.79 Å². The molecule has 2 fully saturated rings. The summed E-state index contributed by atoms with van der Waals surface area (Å²) in [7, 11) is 0. The van der Waals surface area contributed by atoms with Gasteiger partial charge in [-0.05, 0) is 43.9 Å². The number of nitrogens with one attached hydrogen (secondary N) is 1. The second-order valence-electron chi connectivity index (χ2n) is 6.39. The van der Waals surface area contributed by atoms with Crippen molar-refractivity contribution in [2.45, 2.75) is 44.1 Å². The summed E-state index contributed by atoms with van der Waals surface area (Å²) >= 11 is 0. The molecule has 1 N–H and O–H groups in total. The molecule has 4 nitrogen and oxygen atoms in total. The standard InChI is InChI=1S/C18H21N3O/c22-18(15-4-2-1-3-5-15)19-10-11-21-17(14-8-9-14)12-16(20-21)13-6-7-13/h1-5,12-14H,6-11H2,(H,19,22). The second kappa shape index (κ2) is 5.59. The van der Waals surface area contributed by atoms with Crippen molar-refractivity contribution in [3.05, 3.63) is 53.3 Å². The first-order chi connectivity index (χ1) is 10.8. The maximum Gasteiger partial charge on any atom is 0.251 e. The van der Waals surface area contributed by atoms with Crippen molar-refractivity contribution in [1.29, 1.82) is 0 Å². The van der Waals surface area contributed by atoms with Crippen LogP contribution in [0.4, 0.5) is 0 Å². The van der Waals surface area contributed by atoms with Gasteiger partial charge in [0.05, 0.1) is 12.2 Å². The van der Waals surface area contributed by atoms with Crippen LogP contribution in [0.25, 0.3) is 0 Å². The third kappa shape index (κ3) is 2.91. The first kappa shape index (κ1) is 13.6. The summed E-state index contributed by atoms with van der Waals surface area (Å²) in [5, 5.41) is 7.76. The average molecular weight is 295 g/mol. The smallest absolute Gasteiger partial charge is 0.251 e. The summed E-state index contributed by atoms with van der Waals surface area (Å²) in [4.78, 5) is 12.0. The Hall–Kier alpha value is -2.10. The van der Waals surface area contributed by atoms with Gasteiger partial charge in [-0.1, -0.05) is 18.2 Å². The number of rotatable bonds is 6. The monoisotopic (exact) mass is 295 g/mol. The Morgan fingerprint density at radius 3 is 2.55 bits per heavy atom. The SMILES string of the molecule is O=C(NCCn1nc(C2CC2)cc1C1CC1)c1ccccc1.